The summed E-state index contributed by atoms with van der Waals surface area (Å²) >= 11 is 1.51. The van der Waals surface area contributed by atoms with Crippen LogP contribution in [-0.4, -0.2) is 11.1 Å². The molecular weight excluding hydrogens is 234 g/mol. The summed E-state index contributed by atoms with van der Waals surface area (Å²) in [5.41, 5.74) is 8.03. The van der Waals surface area contributed by atoms with Crippen molar-refractivity contribution in [2.24, 2.45) is 5.73 Å². The molecule has 0 aliphatic carbocycles. The van der Waals surface area contributed by atoms with Crippen molar-refractivity contribution in [1.29, 1.82) is 0 Å². The van der Waals surface area contributed by atoms with E-state index in [4.69, 9.17) is 10.8 Å². The fourth-order valence-corrected chi connectivity index (χ4v) is 2.54. The number of carbonyl (C=O) groups is 1. The Bertz CT molecular complexity index is 507. The fourth-order valence-electron chi connectivity index (χ4n) is 1.62. The lowest BCUT2D eigenvalue weighted by molar-refractivity contribution is -0.137. The Morgan fingerprint density at radius 1 is 1.29 bits per heavy atom. The van der Waals surface area contributed by atoms with Gasteiger partial charge < -0.3 is 10.8 Å². The second-order valence-electron chi connectivity index (χ2n) is 3.81. The van der Waals surface area contributed by atoms with Crippen molar-refractivity contribution in [1.82, 2.24) is 0 Å². The van der Waals surface area contributed by atoms with E-state index in [0.717, 1.165) is 16.0 Å². The maximum Gasteiger partial charge on any atom is 0.305 e. The van der Waals surface area contributed by atoms with Gasteiger partial charge in [-0.05, 0) is 22.6 Å². The van der Waals surface area contributed by atoms with Crippen molar-refractivity contribution in [3.05, 3.63) is 46.7 Å². The van der Waals surface area contributed by atoms with Gasteiger partial charge in [0, 0.05) is 10.9 Å². The van der Waals surface area contributed by atoms with E-state index in [1.165, 1.54) is 11.3 Å². The van der Waals surface area contributed by atoms with Crippen molar-refractivity contribution in [2.75, 3.05) is 0 Å². The Morgan fingerprint density at radius 3 is 2.65 bits per heavy atom. The minimum Gasteiger partial charge on any atom is -0.481 e. The lowest BCUT2D eigenvalue weighted by Crippen LogP contribution is -2.13. The molecule has 0 unspecified atom stereocenters. The van der Waals surface area contributed by atoms with Crippen LogP contribution in [0.5, 0.6) is 0 Å². The molecule has 88 valence electrons. The maximum absolute atomic E-state index is 10.6. The third-order valence-electron chi connectivity index (χ3n) is 2.49. The van der Waals surface area contributed by atoms with Crippen molar-refractivity contribution >= 4 is 17.3 Å². The normalized spacial score (nSPS) is 12.3. The van der Waals surface area contributed by atoms with E-state index < -0.39 is 12.0 Å². The third-order valence-corrected chi connectivity index (χ3v) is 3.55. The first kappa shape index (κ1) is 11.8. The molecule has 0 saturated heterocycles. The molecule has 0 aliphatic heterocycles. The molecule has 0 bridgehead atoms. The van der Waals surface area contributed by atoms with Gasteiger partial charge in [0.05, 0.1) is 6.42 Å². The van der Waals surface area contributed by atoms with E-state index >= 15 is 0 Å². The van der Waals surface area contributed by atoms with Crippen molar-refractivity contribution in [3.63, 3.8) is 0 Å². The first-order valence-electron chi connectivity index (χ1n) is 5.28. The number of thiophene rings is 1. The van der Waals surface area contributed by atoms with Crippen LogP contribution in [0.3, 0.4) is 0 Å². The van der Waals surface area contributed by atoms with E-state index in [9.17, 15) is 4.79 Å². The number of nitrogens with two attached hydrogens (primary N) is 1. The molecule has 0 aliphatic rings. The molecule has 0 saturated carbocycles. The quantitative estimate of drug-likeness (QED) is 0.873. The van der Waals surface area contributed by atoms with Gasteiger partial charge in [-0.3, -0.25) is 4.79 Å². The zero-order valence-electron chi connectivity index (χ0n) is 9.17. The number of hydrogen-bond acceptors (Lipinski definition) is 3. The summed E-state index contributed by atoms with van der Waals surface area (Å²) in [7, 11) is 0. The summed E-state index contributed by atoms with van der Waals surface area (Å²) in [5, 5.41) is 10.7. The number of carboxylic acid groups (broad SMARTS) is 1. The first-order chi connectivity index (χ1) is 8.16. The Balaban J connectivity index is 2.19. The van der Waals surface area contributed by atoms with Gasteiger partial charge in [-0.15, -0.1) is 11.3 Å². The zero-order valence-corrected chi connectivity index (χ0v) is 9.98. The maximum atomic E-state index is 10.6. The second-order valence-corrected chi connectivity index (χ2v) is 4.75. The summed E-state index contributed by atoms with van der Waals surface area (Å²) in [6.45, 7) is 0. The summed E-state index contributed by atoms with van der Waals surface area (Å²) < 4.78 is 0. The Hall–Kier alpha value is -1.65. The van der Waals surface area contributed by atoms with Crippen LogP contribution in [0.1, 0.15) is 17.3 Å². The van der Waals surface area contributed by atoms with Crippen molar-refractivity contribution in [2.45, 2.75) is 12.5 Å². The molecule has 1 aromatic carbocycles. The number of benzene rings is 1. The molecule has 0 radical (unpaired) electrons. The lowest BCUT2D eigenvalue weighted by Gasteiger charge is -2.04. The van der Waals surface area contributed by atoms with E-state index in [2.05, 4.69) is 0 Å². The predicted molar refractivity (Wildman–Crippen MR) is 68.9 cm³/mol. The largest absolute Gasteiger partial charge is 0.481 e. The van der Waals surface area contributed by atoms with Gasteiger partial charge in [-0.25, -0.2) is 0 Å². The molecule has 1 aromatic heterocycles. The van der Waals surface area contributed by atoms with Gasteiger partial charge in [-0.2, -0.15) is 0 Å². The van der Waals surface area contributed by atoms with Gasteiger partial charge in [0.15, 0.2) is 0 Å². The molecular formula is C13H13NO2S. The lowest BCUT2D eigenvalue weighted by atomic mass is 10.1. The first-order valence-corrected chi connectivity index (χ1v) is 6.16. The van der Waals surface area contributed by atoms with Gasteiger partial charge in [0.25, 0.3) is 0 Å². The summed E-state index contributed by atoms with van der Waals surface area (Å²) in [6.07, 6.45) is -0.0330. The molecule has 0 amide bonds. The van der Waals surface area contributed by atoms with Crippen LogP contribution in [0.4, 0.5) is 0 Å². The fraction of sp³-hybridized carbons (Fsp3) is 0.154. The van der Waals surface area contributed by atoms with E-state index in [0.29, 0.717) is 0 Å². The molecule has 0 spiro atoms. The topological polar surface area (TPSA) is 63.3 Å². The van der Waals surface area contributed by atoms with Crippen molar-refractivity contribution < 1.29 is 9.90 Å². The van der Waals surface area contributed by atoms with E-state index in [1.54, 1.807) is 0 Å². The second kappa shape index (κ2) is 5.12. The van der Waals surface area contributed by atoms with E-state index in [1.807, 2.05) is 41.8 Å². The number of hydrogen-bond donors (Lipinski definition) is 2. The molecule has 4 heteroatoms. The molecule has 2 aromatic rings. The van der Waals surface area contributed by atoms with Gasteiger partial charge in [0.2, 0.25) is 0 Å². The molecule has 3 nitrogen and oxygen atoms in total. The van der Waals surface area contributed by atoms with Crippen LogP contribution in [-0.2, 0) is 4.79 Å². The van der Waals surface area contributed by atoms with Gasteiger partial charge >= 0.3 is 5.97 Å². The van der Waals surface area contributed by atoms with E-state index in [-0.39, 0.29) is 6.42 Å². The van der Waals surface area contributed by atoms with Crippen LogP contribution in [0.25, 0.3) is 11.1 Å². The Labute approximate surface area is 104 Å². The van der Waals surface area contributed by atoms with Crippen LogP contribution in [0, 0.1) is 0 Å². The minimum atomic E-state index is -0.868. The van der Waals surface area contributed by atoms with Gasteiger partial charge in [-0.1, -0.05) is 30.3 Å². The molecule has 0 fully saturated rings. The van der Waals surface area contributed by atoms with Crippen LogP contribution >= 0.6 is 11.3 Å². The number of rotatable bonds is 4. The molecule has 1 atom stereocenters. The van der Waals surface area contributed by atoms with Crippen LogP contribution < -0.4 is 5.73 Å². The van der Waals surface area contributed by atoms with Crippen molar-refractivity contribution in [3.8, 4) is 11.1 Å². The highest BCUT2D eigenvalue weighted by molar-refractivity contribution is 7.10. The summed E-state index contributed by atoms with van der Waals surface area (Å²) in [6, 6.07) is 11.5. The minimum absolute atomic E-state index is 0.0330. The molecule has 2 rings (SSSR count). The Morgan fingerprint density at radius 2 is 2.00 bits per heavy atom. The number of carboxylic acids is 1. The van der Waals surface area contributed by atoms with Crippen LogP contribution in [0.2, 0.25) is 0 Å². The third kappa shape index (κ3) is 2.93. The summed E-state index contributed by atoms with van der Waals surface area (Å²) in [5.74, 6) is -0.868. The Kier molecular flexibility index (Phi) is 3.56. The summed E-state index contributed by atoms with van der Waals surface area (Å²) in [4.78, 5) is 11.5. The molecule has 3 N–H and O–H groups in total. The predicted octanol–water partition coefficient (Wildman–Crippen LogP) is 2.89. The smallest absolute Gasteiger partial charge is 0.305 e. The average Bonchev–Trinajstić information content (AvgIpc) is 2.78. The van der Waals surface area contributed by atoms with Crippen LogP contribution in [0.15, 0.2) is 41.8 Å². The monoisotopic (exact) mass is 247 g/mol. The standard InChI is InChI=1S/C13H13NO2S/c14-11(7-13(15)16)12-6-10(8-17-12)9-4-2-1-3-5-9/h1-6,8,11H,7,14H2,(H,15,16)/t11-/m0/s1. The molecule has 1 heterocycles. The zero-order chi connectivity index (χ0) is 12.3. The van der Waals surface area contributed by atoms with Gasteiger partial charge in [0.1, 0.15) is 0 Å². The molecule has 17 heavy (non-hydrogen) atoms. The highest BCUT2D eigenvalue weighted by Gasteiger charge is 2.13. The highest BCUT2D eigenvalue weighted by Crippen LogP contribution is 2.29. The number of aliphatic carboxylic acids is 1. The highest BCUT2D eigenvalue weighted by atomic mass is 32.1. The SMILES string of the molecule is N[C@@H](CC(=O)O)c1cc(-c2ccccc2)cs1. The average molecular weight is 247 g/mol.